The quantitative estimate of drug-likeness (QED) is 0.558. The van der Waals surface area contributed by atoms with Crippen LogP contribution in [0, 0.1) is 5.41 Å². The fourth-order valence-corrected chi connectivity index (χ4v) is 2.41. The molecule has 0 unspecified atom stereocenters. The molecule has 0 bridgehead atoms. The average molecular weight is 257 g/mol. The number of anilines is 1. The van der Waals surface area contributed by atoms with Gasteiger partial charge in [0.1, 0.15) is 17.3 Å². The van der Waals surface area contributed by atoms with E-state index in [0.29, 0.717) is 0 Å². The standard InChI is InChI=1S/C13H15N5O/c1-19-10-5-3-2-4-8(10)11-9-6-7-16-12(9)18(17-11)13(14)15/h2-5,16H,6-7H2,1H3,(H3,14,15). The van der Waals surface area contributed by atoms with Crippen LogP contribution >= 0.6 is 0 Å². The van der Waals surface area contributed by atoms with E-state index < -0.39 is 0 Å². The van der Waals surface area contributed by atoms with Crippen LogP contribution in [-0.4, -0.2) is 29.4 Å². The van der Waals surface area contributed by atoms with Crippen molar-refractivity contribution in [2.45, 2.75) is 6.42 Å². The van der Waals surface area contributed by atoms with Crippen LogP contribution in [0.5, 0.6) is 5.75 Å². The summed E-state index contributed by atoms with van der Waals surface area (Å²) in [6, 6.07) is 7.73. The van der Waals surface area contributed by atoms with Gasteiger partial charge in [-0.25, -0.2) is 0 Å². The van der Waals surface area contributed by atoms with Crippen LogP contribution in [-0.2, 0) is 6.42 Å². The van der Waals surface area contributed by atoms with Crippen LogP contribution < -0.4 is 15.8 Å². The number of nitrogen functional groups attached to an aromatic ring is 1. The van der Waals surface area contributed by atoms with Gasteiger partial charge in [0.25, 0.3) is 0 Å². The van der Waals surface area contributed by atoms with E-state index in [0.717, 1.165) is 41.4 Å². The van der Waals surface area contributed by atoms with Gasteiger partial charge in [-0.05, 0) is 18.6 Å². The number of fused-ring (bicyclic) bond motifs is 1. The highest BCUT2D eigenvalue weighted by molar-refractivity contribution is 5.85. The number of hydrogen-bond acceptors (Lipinski definition) is 4. The van der Waals surface area contributed by atoms with Gasteiger partial charge in [-0.3, -0.25) is 5.41 Å². The van der Waals surface area contributed by atoms with Crippen molar-refractivity contribution in [3.63, 3.8) is 0 Å². The molecule has 0 saturated heterocycles. The number of nitrogens with zero attached hydrogens (tertiary/aromatic N) is 2. The maximum atomic E-state index is 7.59. The molecule has 0 spiro atoms. The molecule has 1 aromatic heterocycles. The van der Waals surface area contributed by atoms with Gasteiger partial charge in [0, 0.05) is 17.7 Å². The van der Waals surface area contributed by atoms with Gasteiger partial charge in [-0.1, -0.05) is 12.1 Å². The predicted octanol–water partition coefficient (Wildman–Crippen LogP) is 1.27. The van der Waals surface area contributed by atoms with Gasteiger partial charge in [-0.15, -0.1) is 0 Å². The van der Waals surface area contributed by atoms with Crippen LogP contribution in [0.2, 0.25) is 0 Å². The van der Waals surface area contributed by atoms with E-state index >= 15 is 0 Å². The molecule has 0 aliphatic carbocycles. The maximum absolute atomic E-state index is 7.59. The summed E-state index contributed by atoms with van der Waals surface area (Å²) in [5, 5.41) is 15.2. The van der Waals surface area contributed by atoms with E-state index in [1.54, 1.807) is 7.11 Å². The van der Waals surface area contributed by atoms with Gasteiger partial charge in [0.15, 0.2) is 0 Å². The number of benzene rings is 1. The molecule has 98 valence electrons. The molecule has 0 atom stereocenters. The van der Waals surface area contributed by atoms with Crippen molar-refractivity contribution in [1.82, 2.24) is 9.78 Å². The van der Waals surface area contributed by atoms with Crippen LogP contribution in [0.4, 0.5) is 5.82 Å². The lowest BCUT2D eigenvalue weighted by molar-refractivity contribution is 0.416. The molecule has 0 saturated carbocycles. The molecular formula is C13H15N5O. The summed E-state index contributed by atoms with van der Waals surface area (Å²) in [6.07, 6.45) is 0.871. The lowest BCUT2D eigenvalue weighted by Gasteiger charge is -2.06. The van der Waals surface area contributed by atoms with Crippen molar-refractivity contribution in [3.05, 3.63) is 29.8 Å². The molecule has 0 radical (unpaired) electrons. The van der Waals surface area contributed by atoms with Crippen LogP contribution in [0.15, 0.2) is 24.3 Å². The highest BCUT2D eigenvalue weighted by atomic mass is 16.5. The minimum Gasteiger partial charge on any atom is -0.496 e. The van der Waals surface area contributed by atoms with Crippen molar-refractivity contribution in [2.24, 2.45) is 5.73 Å². The summed E-state index contributed by atoms with van der Waals surface area (Å²) in [5.41, 5.74) is 8.39. The summed E-state index contributed by atoms with van der Waals surface area (Å²) in [4.78, 5) is 0. The fraction of sp³-hybridized carbons (Fsp3) is 0.231. The summed E-state index contributed by atoms with van der Waals surface area (Å²) < 4.78 is 6.81. The van der Waals surface area contributed by atoms with Crippen LogP contribution in [0.1, 0.15) is 5.56 Å². The minimum absolute atomic E-state index is 0.0909. The Morgan fingerprint density at radius 1 is 1.47 bits per heavy atom. The van der Waals surface area contributed by atoms with E-state index in [1.165, 1.54) is 4.68 Å². The van der Waals surface area contributed by atoms with E-state index in [9.17, 15) is 0 Å². The maximum Gasteiger partial charge on any atom is 0.215 e. The molecule has 19 heavy (non-hydrogen) atoms. The number of nitrogens with two attached hydrogens (primary N) is 1. The van der Waals surface area contributed by atoms with Crippen molar-refractivity contribution < 1.29 is 4.74 Å². The van der Waals surface area contributed by atoms with Crippen molar-refractivity contribution >= 4 is 11.8 Å². The SMILES string of the molecule is COc1ccccc1-c1nn(C(=N)N)c2c1CCN2. The topological polar surface area (TPSA) is 89.0 Å². The average Bonchev–Trinajstić information content (AvgIpc) is 2.99. The highest BCUT2D eigenvalue weighted by Gasteiger charge is 2.25. The highest BCUT2D eigenvalue weighted by Crippen LogP contribution is 2.36. The van der Waals surface area contributed by atoms with E-state index in [2.05, 4.69) is 10.4 Å². The Hall–Kier alpha value is -2.50. The van der Waals surface area contributed by atoms with Crippen molar-refractivity contribution in [1.29, 1.82) is 5.41 Å². The molecule has 1 aliphatic rings. The lowest BCUT2D eigenvalue weighted by atomic mass is 10.1. The number of para-hydroxylation sites is 1. The van der Waals surface area contributed by atoms with Gasteiger partial charge >= 0.3 is 0 Å². The van der Waals surface area contributed by atoms with E-state index in [-0.39, 0.29) is 5.96 Å². The second kappa shape index (κ2) is 4.31. The second-order valence-electron chi connectivity index (χ2n) is 4.35. The molecule has 1 aromatic carbocycles. The monoisotopic (exact) mass is 257 g/mol. The Morgan fingerprint density at radius 3 is 3.00 bits per heavy atom. The van der Waals surface area contributed by atoms with Crippen molar-refractivity contribution in [2.75, 3.05) is 19.0 Å². The first-order chi connectivity index (χ1) is 9.22. The number of ether oxygens (including phenoxy) is 1. The van der Waals surface area contributed by atoms with Crippen molar-refractivity contribution in [3.8, 4) is 17.0 Å². The summed E-state index contributed by atoms with van der Waals surface area (Å²) in [6.45, 7) is 0.836. The number of methoxy groups -OCH3 is 1. The Bertz CT molecular complexity index is 646. The molecule has 2 heterocycles. The molecule has 6 nitrogen and oxygen atoms in total. The summed E-state index contributed by atoms with van der Waals surface area (Å²) in [5.74, 6) is 1.49. The largest absolute Gasteiger partial charge is 0.496 e. The lowest BCUT2D eigenvalue weighted by Crippen LogP contribution is -2.23. The Balaban J connectivity index is 2.21. The van der Waals surface area contributed by atoms with Gasteiger partial charge < -0.3 is 15.8 Å². The minimum atomic E-state index is -0.0909. The van der Waals surface area contributed by atoms with Gasteiger partial charge in [0.2, 0.25) is 5.96 Å². The Morgan fingerprint density at radius 2 is 2.26 bits per heavy atom. The predicted molar refractivity (Wildman–Crippen MR) is 73.7 cm³/mol. The number of rotatable bonds is 2. The first-order valence-corrected chi connectivity index (χ1v) is 6.06. The third kappa shape index (κ3) is 1.72. The van der Waals surface area contributed by atoms with Crippen LogP contribution in [0.25, 0.3) is 11.3 Å². The zero-order valence-electron chi connectivity index (χ0n) is 10.6. The van der Waals surface area contributed by atoms with E-state index in [4.69, 9.17) is 15.9 Å². The molecule has 1 aliphatic heterocycles. The summed E-state index contributed by atoms with van der Waals surface area (Å²) in [7, 11) is 1.64. The molecular weight excluding hydrogens is 242 g/mol. The normalized spacial score (nSPS) is 12.9. The Labute approximate surface area is 110 Å². The third-order valence-corrected chi connectivity index (χ3v) is 3.24. The zero-order chi connectivity index (χ0) is 13.4. The number of hydrogen-bond donors (Lipinski definition) is 3. The smallest absolute Gasteiger partial charge is 0.215 e. The van der Waals surface area contributed by atoms with E-state index in [1.807, 2.05) is 24.3 Å². The Kier molecular flexibility index (Phi) is 2.63. The van der Waals surface area contributed by atoms with Gasteiger partial charge in [-0.2, -0.15) is 9.78 Å². The number of nitrogens with one attached hydrogen (secondary N) is 2. The third-order valence-electron chi connectivity index (χ3n) is 3.24. The molecule has 2 aromatic rings. The first kappa shape index (κ1) is 11.6. The molecule has 4 N–H and O–H groups in total. The van der Waals surface area contributed by atoms with Gasteiger partial charge in [0.05, 0.1) is 7.11 Å². The molecule has 6 heteroatoms. The molecule has 3 rings (SSSR count). The fourth-order valence-electron chi connectivity index (χ4n) is 2.41. The first-order valence-electron chi connectivity index (χ1n) is 6.06. The molecule has 0 amide bonds. The molecule has 0 fully saturated rings. The second-order valence-corrected chi connectivity index (χ2v) is 4.35. The zero-order valence-corrected chi connectivity index (χ0v) is 10.6. The van der Waals surface area contributed by atoms with Crippen LogP contribution in [0.3, 0.4) is 0 Å². The number of aromatic nitrogens is 2. The summed E-state index contributed by atoms with van der Waals surface area (Å²) >= 11 is 0.